The van der Waals surface area contributed by atoms with E-state index in [4.69, 9.17) is 19.4 Å². The number of aromatic nitrogens is 4. The third-order valence-electron chi connectivity index (χ3n) is 9.45. The van der Waals surface area contributed by atoms with E-state index in [0.717, 1.165) is 43.9 Å². The first-order valence-electron chi connectivity index (χ1n) is 16.7. The van der Waals surface area contributed by atoms with Crippen LogP contribution >= 0.6 is 0 Å². The van der Waals surface area contributed by atoms with Gasteiger partial charge < -0.3 is 14.4 Å². The van der Waals surface area contributed by atoms with Crippen LogP contribution in [0.2, 0.25) is 0 Å². The molecule has 2 aromatic carbocycles. The summed E-state index contributed by atoms with van der Waals surface area (Å²) >= 11 is 0. The van der Waals surface area contributed by atoms with E-state index >= 15 is 0 Å². The van der Waals surface area contributed by atoms with Gasteiger partial charge in [0, 0.05) is 75.6 Å². The van der Waals surface area contributed by atoms with E-state index in [1.807, 2.05) is 18.7 Å². The quantitative estimate of drug-likeness (QED) is 0.244. The van der Waals surface area contributed by atoms with Gasteiger partial charge in [-0.05, 0) is 37.8 Å². The molecule has 10 nitrogen and oxygen atoms in total. The lowest BCUT2D eigenvalue weighted by Gasteiger charge is -2.53. The normalized spacial score (nSPS) is 20.3. The number of piperazine rings is 2. The minimum absolute atomic E-state index is 0.0375. The van der Waals surface area contributed by atoms with E-state index in [9.17, 15) is 4.79 Å². The maximum Gasteiger partial charge on any atom is 0.274 e. The molecule has 2 aromatic heterocycles. The molecular formula is C37H43N7O3. The van der Waals surface area contributed by atoms with Crippen molar-refractivity contribution in [2.24, 2.45) is 0 Å². The number of benzene rings is 2. The number of methoxy groups -OCH3 is 1. The zero-order valence-electron chi connectivity index (χ0n) is 27.4. The molecule has 244 valence electrons. The van der Waals surface area contributed by atoms with E-state index in [1.165, 1.54) is 11.1 Å². The van der Waals surface area contributed by atoms with Crippen LogP contribution < -0.4 is 9.47 Å². The van der Waals surface area contributed by atoms with E-state index in [0.29, 0.717) is 43.0 Å². The Morgan fingerprint density at radius 1 is 0.894 bits per heavy atom. The van der Waals surface area contributed by atoms with Crippen molar-refractivity contribution >= 4 is 5.91 Å². The van der Waals surface area contributed by atoms with E-state index in [-0.39, 0.29) is 30.0 Å². The van der Waals surface area contributed by atoms with Crippen molar-refractivity contribution in [1.82, 2.24) is 34.6 Å². The number of carbonyl (C=O) groups is 1. The predicted octanol–water partition coefficient (Wildman–Crippen LogP) is 4.78. The summed E-state index contributed by atoms with van der Waals surface area (Å²) < 4.78 is 12.2. The van der Waals surface area contributed by atoms with Crippen LogP contribution in [0.15, 0.2) is 79.3 Å². The molecule has 2 unspecified atom stereocenters. The van der Waals surface area contributed by atoms with Crippen molar-refractivity contribution in [3.05, 3.63) is 107 Å². The van der Waals surface area contributed by atoms with E-state index < -0.39 is 0 Å². The standard InChI is InChI=1S/C37H43N7O3/c1-25(2)47-36-30(35(46-3)40-34(41-36)28-14-15-28)23-42-21-29-22-43(37(45)31-20-38-16-17-39-31)18-19-44(29)32(24-42)33(26-10-6-4-7-11-26)27-12-8-5-9-13-27/h4-13,16-17,20,25,28-29,32-33H,14-15,18-19,21-24H2,1-3H3. The smallest absolute Gasteiger partial charge is 0.274 e. The first kappa shape index (κ1) is 31.2. The molecule has 10 heteroatoms. The molecule has 0 spiro atoms. The molecule has 0 N–H and O–H groups in total. The summed E-state index contributed by atoms with van der Waals surface area (Å²) in [6.07, 6.45) is 6.88. The maximum atomic E-state index is 13.6. The van der Waals surface area contributed by atoms with Crippen molar-refractivity contribution in [2.45, 2.75) is 63.3 Å². The summed E-state index contributed by atoms with van der Waals surface area (Å²) in [6, 6.07) is 21.9. The maximum absolute atomic E-state index is 13.6. The van der Waals surface area contributed by atoms with E-state index in [2.05, 4.69) is 80.4 Å². The van der Waals surface area contributed by atoms with Crippen LogP contribution in [0.3, 0.4) is 0 Å². The molecule has 7 rings (SSSR count). The number of hydrogen-bond donors (Lipinski definition) is 0. The van der Waals surface area contributed by atoms with Gasteiger partial charge in [-0.2, -0.15) is 9.97 Å². The van der Waals surface area contributed by atoms with Crippen LogP contribution in [0.1, 0.15) is 71.5 Å². The fourth-order valence-corrected chi connectivity index (χ4v) is 7.18. The summed E-state index contributed by atoms with van der Waals surface area (Å²) in [5.41, 5.74) is 3.81. The molecule has 4 heterocycles. The third-order valence-corrected chi connectivity index (χ3v) is 9.45. The van der Waals surface area contributed by atoms with E-state index in [1.54, 1.807) is 25.7 Å². The minimum atomic E-state index is -0.0764. The molecular weight excluding hydrogens is 590 g/mol. The topological polar surface area (TPSA) is 96.8 Å². The number of amides is 1. The summed E-state index contributed by atoms with van der Waals surface area (Å²) in [5.74, 6) is 2.43. The van der Waals surface area contributed by atoms with Crippen molar-refractivity contribution in [3.8, 4) is 11.8 Å². The van der Waals surface area contributed by atoms with Gasteiger partial charge >= 0.3 is 0 Å². The Bertz CT molecular complexity index is 1610. The van der Waals surface area contributed by atoms with Crippen molar-refractivity contribution in [1.29, 1.82) is 0 Å². The summed E-state index contributed by atoms with van der Waals surface area (Å²) in [4.78, 5) is 38.9. The highest BCUT2D eigenvalue weighted by Gasteiger charge is 2.44. The third kappa shape index (κ3) is 6.84. The highest BCUT2D eigenvalue weighted by atomic mass is 16.5. The Hall–Kier alpha value is -4.41. The summed E-state index contributed by atoms with van der Waals surface area (Å²) in [7, 11) is 1.68. The van der Waals surface area contributed by atoms with Gasteiger partial charge in [-0.15, -0.1) is 0 Å². The molecule has 4 aromatic rings. The monoisotopic (exact) mass is 633 g/mol. The molecule has 1 amide bonds. The van der Waals surface area contributed by atoms with Crippen LogP contribution in [-0.4, -0.2) is 98.6 Å². The van der Waals surface area contributed by atoms with Crippen LogP contribution in [0.4, 0.5) is 0 Å². The van der Waals surface area contributed by atoms with Gasteiger partial charge in [0.15, 0.2) is 0 Å². The second kappa shape index (κ2) is 13.8. The Labute approximate surface area is 276 Å². The van der Waals surface area contributed by atoms with Crippen LogP contribution in [0.5, 0.6) is 11.8 Å². The summed E-state index contributed by atoms with van der Waals surface area (Å²) in [6.45, 7) is 8.22. The lowest BCUT2D eigenvalue weighted by molar-refractivity contribution is -0.0294. The van der Waals surface area contributed by atoms with Crippen LogP contribution in [0, 0.1) is 0 Å². The zero-order valence-corrected chi connectivity index (χ0v) is 27.4. The van der Waals surface area contributed by atoms with Gasteiger partial charge in [-0.1, -0.05) is 60.7 Å². The fraction of sp³-hybridized carbons (Fsp3) is 0.432. The summed E-state index contributed by atoms with van der Waals surface area (Å²) in [5, 5.41) is 0. The van der Waals surface area contributed by atoms with Gasteiger partial charge in [0.05, 0.1) is 25.0 Å². The van der Waals surface area contributed by atoms with Gasteiger partial charge in [0.1, 0.15) is 11.5 Å². The van der Waals surface area contributed by atoms with Gasteiger partial charge in [-0.3, -0.25) is 19.6 Å². The van der Waals surface area contributed by atoms with Crippen molar-refractivity contribution in [3.63, 3.8) is 0 Å². The number of rotatable bonds is 10. The molecule has 1 aliphatic carbocycles. The zero-order chi connectivity index (χ0) is 32.3. The average Bonchev–Trinajstić information content (AvgIpc) is 3.96. The lowest BCUT2D eigenvalue weighted by atomic mass is 9.81. The molecule has 1 saturated carbocycles. The molecule has 0 radical (unpaired) electrons. The second-order valence-corrected chi connectivity index (χ2v) is 13.1. The molecule has 2 aliphatic heterocycles. The largest absolute Gasteiger partial charge is 0.481 e. The van der Waals surface area contributed by atoms with Crippen LogP contribution in [0.25, 0.3) is 0 Å². The Morgan fingerprint density at radius 2 is 1.60 bits per heavy atom. The molecule has 2 atom stereocenters. The number of nitrogens with zero attached hydrogens (tertiary/aromatic N) is 7. The van der Waals surface area contributed by atoms with Gasteiger partial charge in [0.25, 0.3) is 5.91 Å². The molecule has 3 aliphatic rings. The minimum Gasteiger partial charge on any atom is -0.481 e. The highest BCUT2D eigenvalue weighted by molar-refractivity contribution is 5.92. The predicted molar refractivity (Wildman–Crippen MR) is 179 cm³/mol. The Balaban J connectivity index is 1.26. The fourth-order valence-electron chi connectivity index (χ4n) is 7.18. The van der Waals surface area contributed by atoms with Crippen molar-refractivity contribution < 1.29 is 14.3 Å². The van der Waals surface area contributed by atoms with Gasteiger partial charge in [0.2, 0.25) is 11.8 Å². The van der Waals surface area contributed by atoms with Gasteiger partial charge in [-0.25, -0.2) is 4.98 Å². The number of carbonyl (C=O) groups excluding carboxylic acids is 1. The Kier molecular flexibility index (Phi) is 9.13. The first-order chi connectivity index (χ1) is 23.0. The number of hydrogen-bond acceptors (Lipinski definition) is 9. The molecule has 47 heavy (non-hydrogen) atoms. The first-order valence-corrected chi connectivity index (χ1v) is 16.7. The molecule has 2 saturated heterocycles. The number of fused-ring (bicyclic) bond motifs is 1. The Morgan fingerprint density at radius 3 is 2.21 bits per heavy atom. The van der Waals surface area contributed by atoms with Crippen LogP contribution in [-0.2, 0) is 6.54 Å². The highest BCUT2D eigenvalue weighted by Crippen LogP contribution is 2.42. The average molecular weight is 634 g/mol. The molecule has 3 fully saturated rings. The molecule has 0 bridgehead atoms. The second-order valence-electron chi connectivity index (χ2n) is 13.1. The number of ether oxygens (including phenoxy) is 2. The SMILES string of the molecule is COc1nc(C2CC2)nc(OC(C)C)c1CN1CC2CN(C(=O)c3cnccn3)CCN2C(C(c2ccccc2)c2ccccc2)C1. The van der Waals surface area contributed by atoms with Crippen molar-refractivity contribution in [2.75, 3.05) is 39.8 Å². The lowest BCUT2D eigenvalue weighted by Crippen LogP contribution is -2.67.